The van der Waals surface area contributed by atoms with Crippen molar-refractivity contribution in [3.8, 4) is 0 Å². The summed E-state index contributed by atoms with van der Waals surface area (Å²) in [5.74, 6) is 0.319. The molecule has 164 valence electrons. The van der Waals surface area contributed by atoms with Crippen LogP contribution in [0.2, 0.25) is 0 Å². The molecule has 0 unspecified atom stereocenters. The van der Waals surface area contributed by atoms with Gasteiger partial charge in [-0.05, 0) is 43.0 Å². The number of anilines is 1. The van der Waals surface area contributed by atoms with Gasteiger partial charge in [0.2, 0.25) is 5.91 Å². The molecule has 0 radical (unpaired) electrons. The molecule has 0 aliphatic heterocycles. The Kier molecular flexibility index (Phi) is 8.96. The van der Waals surface area contributed by atoms with Crippen molar-refractivity contribution in [1.82, 2.24) is 14.4 Å². The second kappa shape index (κ2) is 11.4. The summed E-state index contributed by atoms with van der Waals surface area (Å²) in [7, 11) is 1.98. The van der Waals surface area contributed by atoms with Crippen LogP contribution in [0.4, 0.5) is 10.5 Å². The van der Waals surface area contributed by atoms with Crippen LogP contribution in [0.25, 0.3) is 0 Å². The third-order valence-corrected chi connectivity index (χ3v) is 5.12. The fraction of sp³-hybridized carbons (Fsp3) is 0.500. The standard InChI is InChI=1S/C24H36N4O2/c1-6-7-15-27(24(30)25-22-13-9-8-11-20(22)4)18-23(29)28(16-19(2)3)17-21-12-10-14-26(21)5/h8-14,19H,6-7,15-18H2,1-5H3,(H,25,30). The van der Waals surface area contributed by atoms with Crippen LogP contribution < -0.4 is 5.32 Å². The highest BCUT2D eigenvalue weighted by Crippen LogP contribution is 2.15. The fourth-order valence-electron chi connectivity index (χ4n) is 3.32. The van der Waals surface area contributed by atoms with Crippen molar-refractivity contribution in [3.63, 3.8) is 0 Å². The Bertz CT molecular complexity index is 828. The highest BCUT2D eigenvalue weighted by Gasteiger charge is 2.22. The van der Waals surface area contributed by atoms with Gasteiger partial charge in [0, 0.05) is 37.7 Å². The molecule has 1 aromatic heterocycles. The van der Waals surface area contributed by atoms with Gasteiger partial charge in [0.1, 0.15) is 6.54 Å². The van der Waals surface area contributed by atoms with E-state index in [1.165, 1.54) is 0 Å². The highest BCUT2D eigenvalue weighted by atomic mass is 16.2. The average molecular weight is 413 g/mol. The molecular weight excluding hydrogens is 376 g/mol. The number of hydrogen-bond acceptors (Lipinski definition) is 2. The van der Waals surface area contributed by atoms with Crippen LogP contribution in [0.1, 0.15) is 44.9 Å². The van der Waals surface area contributed by atoms with E-state index in [2.05, 4.69) is 26.1 Å². The molecular formula is C24H36N4O2. The number of aromatic nitrogens is 1. The van der Waals surface area contributed by atoms with Crippen LogP contribution in [0.3, 0.4) is 0 Å². The minimum absolute atomic E-state index is 0.0269. The minimum Gasteiger partial charge on any atom is -0.353 e. The van der Waals surface area contributed by atoms with Gasteiger partial charge in [0.05, 0.1) is 6.54 Å². The van der Waals surface area contributed by atoms with E-state index < -0.39 is 0 Å². The van der Waals surface area contributed by atoms with Gasteiger partial charge < -0.3 is 19.7 Å². The Morgan fingerprint density at radius 2 is 1.83 bits per heavy atom. The summed E-state index contributed by atoms with van der Waals surface area (Å²) in [5, 5.41) is 2.97. The Morgan fingerprint density at radius 1 is 1.10 bits per heavy atom. The van der Waals surface area contributed by atoms with Crippen molar-refractivity contribution >= 4 is 17.6 Å². The second-order valence-electron chi connectivity index (χ2n) is 8.30. The molecule has 0 aliphatic carbocycles. The lowest BCUT2D eigenvalue weighted by molar-refractivity contribution is -0.133. The monoisotopic (exact) mass is 412 g/mol. The topological polar surface area (TPSA) is 57.6 Å². The molecule has 1 heterocycles. The van der Waals surface area contributed by atoms with E-state index in [1.807, 2.05) is 66.0 Å². The minimum atomic E-state index is -0.227. The number of carbonyl (C=O) groups is 2. The lowest BCUT2D eigenvalue weighted by atomic mass is 10.2. The number of hydrogen-bond donors (Lipinski definition) is 1. The van der Waals surface area contributed by atoms with E-state index in [0.717, 1.165) is 29.8 Å². The summed E-state index contributed by atoms with van der Waals surface area (Å²) in [6.45, 7) is 10.1. The van der Waals surface area contributed by atoms with E-state index in [-0.39, 0.29) is 18.5 Å². The molecule has 0 aliphatic rings. The quantitative estimate of drug-likeness (QED) is 0.617. The van der Waals surface area contributed by atoms with Crippen molar-refractivity contribution in [2.45, 2.75) is 47.1 Å². The summed E-state index contributed by atoms with van der Waals surface area (Å²) in [5.41, 5.74) is 2.85. The van der Waals surface area contributed by atoms with Crippen LogP contribution in [-0.2, 0) is 18.4 Å². The normalized spacial score (nSPS) is 10.9. The average Bonchev–Trinajstić information content (AvgIpc) is 3.10. The van der Waals surface area contributed by atoms with Crippen molar-refractivity contribution in [2.75, 3.05) is 25.0 Å². The first kappa shape index (κ1) is 23.5. The third kappa shape index (κ3) is 6.94. The van der Waals surface area contributed by atoms with E-state index in [0.29, 0.717) is 25.6 Å². The summed E-state index contributed by atoms with van der Waals surface area (Å²) in [4.78, 5) is 29.7. The lowest BCUT2D eigenvalue weighted by Crippen LogP contribution is -2.45. The van der Waals surface area contributed by atoms with Crippen molar-refractivity contribution in [2.24, 2.45) is 13.0 Å². The largest absolute Gasteiger partial charge is 0.353 e. The zero-order valence-corrected chi connectivity index (χ0v) is 19.0. The zero-order valence-electron chi connectivity index (χ0n) is 19.0. The van der Waals surface area contributed by atoms with Crippen LogP contribution in [0, 0.1) is 12.8 Å². The predicted molar refractivity (Wildman–Crippen MR) is 122 cm³/mol. The molecule has 0 atom stereocenters. The maximum atomic E-state index is 13.2. The van der Waals surface area contributed by atoms with Crippen LogP contribution >= 0.6 is 0 Å². The smallest absolute Gasteiger partial charge is 0.322 e. The predicted octanol–water partition coefficient (Wildman–Crippen LogP) is 4.65. The maximum Gasteiger partial charge on any atom is 0.322 e. The summed E-state index contributed by atoms with van der Waals surface area (Å²) in [6, 6.07) is 11.5. The third-order valence-electron chi connectivity index (χ3n) is 5.12. The zero-order chi connectivity index (χ0) is 22.1. The van der Waals surface area contributed by atoms with E-state index in [9.17, 15) is 9.59 Å². The first-order chi connectivity index (χ1) is 14.3. The highest BCUT2D eigenvalue weighted by molar-refractivity contribution is 5.93. The SMILES string of the molecule is CCCCN(CC(=O)N(Cc1cccn1C)CC(C)C)C(=O)Nc1ccccc1C. The van der Waals surface area contributed by atoms with Gasteiger partial charge in [-0.1, -0.05) is 45.4 Å². The van der Waals surface area contributed by atoms with Gasteiger partial charge in [-0.2, -0.15) is 0 Å². The van der Waals surface area contributed by atoms with E-state index in [4.69, 9.17) is 0 Å². The second-order valence-corrected chi connectivity index (χ2v) is 8.30. The number of para-hydroxylation sites is 1. The molecule has 30 heavy (non-hydrogen) atoms. The number of nitrogens with zero attached hydrogens (tertiary/aromatic N) is 3. The van der Waals surface area contributed by atoms with Gasteiger partial charge in [-0.3, -0.25) is 4.79 Å². The van der Waals surface area contributed by atoms with Crippen molar-refractivity contribution < 1.29 is 9.59 Å². The number of nitrogens with one attached hydrogen (secondary N) is 1. The van der Waals surface area contributed by atoms with Gasteiger partial charge in [0.25, 0.3) is 0 Å². The fourth-order valence-corrected chi connectivity index (χ4v) is 3.32. The van der Waals surface area contributed by atoms with Gasteiger partial charge in [-0.25, -0.2) is 4.79 Å². The molecule has 2 rings (SSSR count). The van der Waals surface area contributed by atoms with Gasteiger partial charge >= 0.3 is 6.03 Å². The van der Waals surface area contributed by atoms with Crippen molar-refractivity contribution in [3.05, 3.63) is 53.9 Å². The number of aryl methyl sites for hydroxylation is 2. The van der Waals surface area contributed by atoms with Gasteiger partial charge in [-0.15, -0.1) is 0 Å². The number of benzene rings is 1. The van der Waals surface area contributed by atoms with Crippen LogP contribution in [0.5, 0.6) is 0 Å². The summed E-state index contributed by atoms with van der Waals surface area (Å²) < 4.78 is 2.03. The summed E-state index contributed by atoms with van der Waals surface area (Å²) in [6.07, 6.45) is 3.80. The molecule has 1 aromatic carbocycles. The molecule has 3 amide bonds. The number of carbonyl (C=O) groups excluding carboxylic acids is 2. The molecule has 1 N–H and O–H groups in total. The Balaban J connectivity index is 2.12. The molecule has 6 nitrogen and oxygen atoms in total. The van der Waals surface area contributed by atoms with Crippen LogP contribution in [-0.4, -0.2) is 45.9 Å². The van der Waals surface area contributed by atoms with Gasteiger partial charge in [0.15, 0.2) is 0 Å². The first-order valence-electron chi connectivity index (χ1n) is 10.8. The molecule has 0 bridgehead atoms. The Labute approximate surface area is 180 Å². The molecule has 0 saturated carbocycles. The van der Waals surface area contributed by atoms with E-state index >= 15 is 0 Å². The molecule has 2 aromatic rings. The Morgan fingerprint density at radius 3 is 2.43 bits per heavy atom. The Hall–Kier alpha value is -2.76. The van der Waals surface area contributed by atoms with Crippen molar-refractivity contribution in [1.29, 1.82) is 0 Å². The maximum absolute atomic E-state index is 13.2. The molecule has 0 spiro atoms. The van der Waals surface area contributed by atoms with Crippen LogP contribution in [0.15, 0.2) is 42.6 Å². The molecule has 0 saturated heterocycles. The number of unbranched alkanes of at least 4 members (excludes halogenated alkanes) is 1. The number of rotatable bonds is 10. The lowest BCUT2D eigenvalue weighted by Gasteiger charge is -2.29. The molecule has 6 heteroatoms. The molecule has 0 fully saturated rings. The van der Waals surface area contributed by atoms with E-state index in [1.54, 1.807) is 4.90 Å². The summed E-state index contributed by atoms with van der Waals surface area (Å²) >= 11 is 0. The number of amides is 3. The number of urea groups is 1. The first-order valence-corrected chi connectivity index (χ1v) is 10.8.